The number of aryl methyl sites for hydroxylation is 1. The van der Waals surface area contributed by atoms with E-state index in [0.29, 0.717) is 11.6 Å². The SMILES string of the molecule is Cn1cc([N+](=O)[O-])cc1C(=O)OCc1coc(-c2ccccc2)n1. The number of nitrogens with zero attached hydrogens (tertiary/aromatic N) is 3. The summed E-state index contributed by atoms with van der Waals surface area (Å²) in [5, 5.41) is 10.7. The van der Waals surface area contributed by atoms with E-state index in [2.05, 4.69) is 4.98 Å². The van der Waals surface area contributed by atoms with Crippen molar-refractivity contribution in [2.45, 2.75) is 6.61 Å². The summed E-state index contributed by atoms with van der Waals surface area (Å²) >= 11 is 0. The third kappa shape index (κ3) is 3.17. The predicted octanol–water partition coefficient (Wildman–Crippen LogP) is 2.95. The maximum atomic E-state index is 12.0. The molecule has 0 atom stereocenters. The predicted molar refractivity (Wildman–Crippen MR) is 83.1 cm³/mol. The van der Waals surface area contributed by atoms with Crippen LogP contribution in [-0.2, 0) is 18.4 Å². The van der Waals surface area contributed by atoms with Crippen LogP contribution in [0.2, 0.25) is 0 Å². The molecule has 0 aliphatic rings. The molecule has 0 N–H and O–H groups in total. The van der Waals surface area contributed by atoms with E-state index in [4.69, 9.17) is 9.15 Å². The van der Waals surface area contributed by atoms with Gasteiger partial charge in [0.25, 0.3) is 5.69 Å². The molecule has 0 fully saturated rings. The van der Waals surface area contributed by atoms with Gasteiger partial charge in [0, 0.05) is 18.7 Å². The fourth-order valence-corrected chi connectivity index (χ4v) is 2.15. The summed E-state index contributed by atoms with van der Waals surface area (Å²) in [5.74, 6) is -0.244. The van der Waals surface area contributed by atoms with Gasteiger partial charge in [0.2, 0.25) is 5.89 Å². The number of carbonyl (C=O) groups excluding carboxylic acids is 1. The Morgan fingerprint density at radius 1 is 1.38 bits per heavy atom. The maximum Gasteiger partial charge on any atom is 0.355 e. The van der Waals surface area contributed by atoms with Crippen LogP contribution >= 0.6 is 0 Å². The number of hydrogen-bond donors (Lipinski definition) is 0. The fraction of sp³-hybridized carbons (Fsp3) is 0.125. The molecule has 0 saturated heterocycles. The van der Waals surface area contributed by atoms with Crippen LogP contribution in [0.25, 0.3) is 11.5 Å². The molecular weight excluding hydrogens is 314 g/mol. The molecular formula is C16H13N3O5. The Bertz CT molecular complexity index is 882. The summed E-state index contributed by atoms with van der Waals surface area (Å²) in [6.07, 6.45) is 2.66. The number of oxazole rings is 1. The van der Waals surface area contributed by atoms with E-state index in [0.717, 1.165) is 5.56 Å². The van der Waals surface area contributed by atoms with Gasteiger partial charge in [-0.25, -0.2) is 9.78 Å². The zero-order valence-electron chi connectivity index (χ0n) is 12.7. The number of nitro groups is 1. The molecule has 24 heavy (non-hydrogen) atoms. The second-order valence-corrected chi connectivity index (χ2v) is 5.04. The van der Waals surface area contributed by atoms with Crippen molar-refractivity contribution in [3.63, 3.8) is 0 Å². The average Bonchev–Trinajstić information content (AvgIpc) is 3.20. The standard InChI is InChI=1S/C16H13N3O5/c1-18-8-13(19(21)22)7-14(18)16(20)24-10-12-9-23-15(17-12)11-5-3-2-4-6-11/h2-9H,10H2,1H3. The van der Waals surface area contributed by atoms with Crippen molar-refractivity contribution >= 4 is 11.7 Å². The molecule has 0 aliphatic carbocycles. The summed E-state index contributed by atoms with van der Waals surface area (Å²) in [6.45, 7) is -0.0891. The minimum atomic E-state index is -0.671. The van der Waals surface area contributed by atoms with E-state index in [-0.39, 0.29) is 18.0 Å². The Morgan fingerprint density at radius 3 is 2.79 bits per heavy atom. The van der Waals surface area contributed by atoms with E-state index in [1.165, 1.54) is 30.1 Å². The first-order valence-corrected chi connectivity index (χ1v) is 7.02. The second kappa shape index (κ2) is 6.37. The molecule has 0 saturated carbocycles. The maximum absolute atomic E-state index is 12.0. The van der Waals surface area contributed by atoms with Gasteiger partial charge in [0.15, 0.2) is 0 Å². The van der Waals surface area contributed by atoms with Crippen molar-refractivity contribution < 1.29 is 18.9 Å². The van der Waals surface area contributed by atoms with Gasteiger partial charge in [-0.1, -0.05) is 18.2 Å². The second-order valence-electron chi connectivity index (χ2n) is 5.04. The highest BCUT2D eigenvalue weighted by Crippen LogP contribution is 2.19. The number of benzene rings is 1. The summed E-state index contributed by atoms with van der Waals surface area (Å²) in [6, 6.07) is 10.5. The topological polar surface area (TPSA) is 100 Å². The molecule has 0 radical (unpaired) electrons. The van der Waals surface area contributed by atoms with Gasteiger partial charge >= 0.3 is 5.97 Å². The van der Waals surface area contributed by atoms with E-state index in [9.17, 15) is 14.9 Å². The van der Waals surface area contributed by atoms with Gasteiger partial charge in [-0.2, -0.15) is 0 Å². The lowest BCUT2D eigenvalue weighted by atomic mass is 10.2. The highest BCUT2D eigenvalue weighted by Gasteiger charge is 2.19. The largest absolute Gasteiger partial charge is 0.454 e. The van der Waals surface area contributed by atoms with E-state index >= 15 is 0 Å². The van der Waals surface area contributed by atoms with Gasteiger partial charge in [-0.15, -0.1) is 0 Å². The Hall–Kier alpha value is -3.42. The van der Waals surface area contributed by atoms with E-state index < -0.39 is 10.9 Å². The Morgan fingerprint density at radius 2 is 2.12 bits per heavy atom. The number of aromatic nitrogens is 2. The van der Waals surface area contributed by atoms with Crippen LogP contribution in [0, 0.1) is 10.1 Å². The van der Waals surface area contributed by atoms with Crippen molar-refractivity contribution in [3.05, 3.63) is 70.4 Å². The zero-order valence-corrected chi connectivity index (χ0v) is 12.7. The summed E-state index contributed by atoms with van der Waals surface area (Å²) in [4.78, 5) is 26.4. The van der Waals surface area contributed by atoms with Gasteiger partial charge < -0.3 is 13.7 Å². The highest BCUT2D eigenvalue weighted by molar-refractivity contribution is 5.88. The van der Waals surface area contributed by atoms with Crippen molar-refractivity contribution in [2.24, 2.45) is 7.05 Å². The first kappa shape index (κ1) is 15.5. The highest BCUT2D eigenvalue weighted by atomic mass is 16.6. The van der Waals surface area contributed by atoms with Crippen LogP contribution in [0.4, 0.5) is 5.69 Å². The molecule has 3 aromatic rings. The van der Waals surface area contributed by atoms with E-state index in [1.54, 1.807) is 0 Å². The number of ether oxygens (including phenoxy) is 1. The smallest absolute Gasteiger partial charge is 0.355 e. The van der Waals surface area contributed by atoms with Crippen molar-refractivity contribution in [1.29, 1.82) is 0 Å². The lowest BCUT2D eigenvalue weighted by Gasteiger charge is -2.02. The van der Waals surface area contributed by atoms with Crippen molar-refractivity contribution in [2.75, 3.05) is 0 Å². The molecule has 8 nitrogen and oxygen atoms in total. The van der Waals surface area contributed by atoms with E-state index in [1.807, 2.05) is 30.3 Å². The number of carbonyl (C=O) groups is 1. The lowest BCUT2D eigenvalue weighted by molar-refractivity contribution is -0.384. The van der Waals surface area contributed by atoms with Gasteiger partial charge in [0.1, 0.15) is 24.3 Å². The van der Waals surface area contributed by atoms with Crippen molar-refractivity contribution in [3.8, 4) is 11.5 Å². The Labute approximate surface area is 136 Å². The lowest BCUT2D eigenvalue weighted by Crippen LogP contribution is -2.09. The molecule has 122 valence electrons. The third-order valence-corrected chi connectivity index (χ3v) is 3.33. The zero-order chi connectivity index (χ0) is 17.1. The minimum absolute atomic E-state index is 0.0891. The minimum Gasteiger partial charge on any atom is -0.454 e. The molecule has 8 heteroatoms. The molecule has 0 aliphatic heterocycles. The van der Waals surface area contributed by atoms with Gasteiger partial charge in [-0.05, 0) is 12.1 Å². The van der Waals surface area contributed by atoms with Crippen LogP contribution < -0.4 is 0 Å². The Kier molecular flexibility index (Phi) is 4.11. The van der Waals surface area contributed by atoms with Crippen molar-refractivity contribution in [1.82, 2.24) is 9.55 Å². The van der Waals surface area contributed by atoms with Crippen LogP contribution in [0.15, 0.2) is 53.3 Å². The van der Waals surface area contributed by atoms with Gasteiger partial charge in [-0.3, -0.25) is 10.1 Å². The first-order valence-electron chi connectivity index (χ1n) is 7.02. The average molecular weight is 327 g/mol. The number of esters is 1. The molecule has 0 spiro atoms. The summed E-state index contributed by atoms with van der Waals surface area (Å²) < 4.78 is 11.8. The quantitative estimate of drug-likeness (QED) is 0.406. The van der Waals surface area contributed by atoms with Crippen LogP contribution in [0.5, 0.6) is 0 Å². The van der Waals surface area contributed by atoms with Gasteiger partial charge in [0.05, 0.1) is 11.1 Å². The molecule has 3 rings (SSSR count). The van der Waals surface area contributed by atoms with Crippen LogP contribution in [0.3, 0.4) is 0 Å². The monoisotopic (exact) mass is 327 g/mol. The Balaban J connectivity index is 1.67. The molecule has 0 amide bonds. The van der Waals surface area contributed by atoms with Crippen LogP contribution in [-0.4, -0.2) is 20.4 Å². The molecule has 2 aromatic heterocycles. The number of rotatable bonds is 5. The van der Waals surface area contributed by atoms with Crippen LogP contribution in [0.1, 0.15) is 16.2 Å². The molecule has 0 unspecified atom stereocenters. The normalized spacial score (nSPS) is 10.5. The third-order valence-electron chi connectivity index (χ3n) is 3.33. The summed E-state index contributed by atoms with van der Waals surface area (Å²) in [5.41, 5.74) is 1.18. The fourth-order valence-electron chi connectivity index (χ4n) is 2.15. The summed E-state index contributed by atoms with van der Waals surface area (Å²) in [7, 11) is 1.53. The number of hydrogen-bond acceptors (Lipinski definition) is 6. The molecule has 2 heterocycles. The molecule has 0 bridgehead atoms. The molecule has 1 aromatic carbocycles. The first-order chi connectivity index (χ1) is 11.5.